The normalized spacial score (nSPS) is 28.9. The number of amides is 1. The molecule has 0 bridgehead atoms. The van der Waals surface area contributed by atoms with Crippen LogP contribution < -0.4 is 5.32 Å². The van der Waals surface area contributed by atoms with Crippen molar-refractivity contribution in [1.29, 1.82) is 0 Å². The highest BCUT2D eigenvalue weighted by Crippen LogP contribution is 2.53. The fourth-order valence-electron chi connectivity index (χ4n) is 5.92. The molecule has 0 saturated carbocycles. The third-order valence-corrected chi connectivity index (χ3v) is 8.67. The van der Waals surface area contributed by atoms with Gasteiger partial charge in [-0.2, -0.15) is 0 Å². The Balaban J connectivity index is 1.41. The SMILES string of the molecule is COC(=O)C1=C(CN2C3COCC34C2CN4C(C)=O)NC(c2nccs2)=N[C@H]1c1ccc(F)cc1Cl. The van der Waals surface area contributed by atoms with E-state index < -0.39 is 17.8 Å². The lowest BCUT2D eigenvalue weighted by Gasteiger charge is -2.72. The van der Waals surface area contributed by atoms with Crippen LogP contribution in [0.1, 0.15) is 23.5 Å². The summed E-state index contributed by atoms with van der Waals surface area (Å²) in [7, 11) is 1.31. The van der Waals surface area contributed by atoms with Gasteiger partial charge in [-0.15, -0.1) is 11.3 Å². The molecule has 5 heterocycles. The van der Waals surface area contributed by atoms with Crippen molar-refractivity contribution < 1.29 is 23.5 Å². The number of halogens is 2. The number of hydrogen-bond donors (Lipinski definition) is 1. The largest absolute Gasteiger partial charge is 0.466 e. The molecule has 188 valence electrons. The van der Waals surface area contributed by atoms with Gasteiger partial charge < -0.3 is 19.7 Å². The summed E-state index contributed by atoms with van der Waals surface area (Å²) < 4.78 is 24.8. The van der Waals surface area contributed by atoms with E-state index in [0.717, 1.165) is 0 Å². The Morgan fingerprint density at radius 2 is 2.22 bits per heavy atom. The number of esters is 1. The first kappa shape index (κ1) is 23.5. The number of methoxy groups -OCH3 is 1. The van der Waals surface area contributed by atoms with Crippen molar-refractivity contribution in [2.24, 2.45) is 4.99 Å². The predicted molar refractivity (Wildman–Crippen MR) is 130 cm³/mol. The number of carbonyl (C=O) groups is 2. The first-order valence-electron chi connectivity index (χ1n) is 11.5. The standard InChI is InChI=1S/C24H23ClFN5O4S/c1-12(32)31-9-17-24(31)11-35-10-18(24)30(17)8-16-19(23(33)34-2)20(14-4-3-13(26)7-15(14)25)29-21(28-16)22-27-5-6-36-22/h3-7,17-18,20H,8-11H2,1-2H3,(H,28,29)/t17?,18?,20-,24?/m0/s1. The minimum absolute atomic E-state index is 0.0170. The molecule has 6 rings (SSSR count). The Kier molecular flexibility index (Phi) is 5.63. The van der Waals surface area contributed by atoms with Crippen LogP contribution in [-0.4, -0.2) is 83.5 Å². The van der Waals surface area contributed by atoms with Crippen LogP contribution in [0.5, 0.6) is 0 Å². The number of piperazine rings is 1. The van der Waals surface area contributed by atoms with Crippen molar-refractivity contribution in [3.63, 3.8) is 0 Å². The van der Waals surface area contributed by atoms with Gasteiger partial charge in [0.1, 0.15) is 17.4 Å². The molecule has 3 unspecified atom stereocenters. The van der Waals surface area contributed by atoms with Crippen molar-refractivity contribution in [3.05, 3.63) is 62.5 Å². The summed E-state index contributed by atoms with van der Waals surface area (Å²) >= 11 is 7.83. The molecule has 4 atom stereocenters. The van der Waals surface area contributed by atoms with Crippen LogP contribution in [0.15, 0.2) is 46.0 Å². The summed E-state index contributed by atoms with van der Waals surface area (Å²) in [5.41, 5.74) is 1.08. The molecular formula is C24H23ClFN5O4S. The van der Waals surface area contributed by atoms with E-state index in [1.807, 2.05) is 10.3 Å². The maximum absolute atomic E-state index is 13.8. The molecule has 36 heavy (non-hydrogen) atoms. The van der Waals surface area contributed by atoms with E-state index in [-0.39, 0.29) is 28.6 Å². The Bertz CT molecular complexity index is 1320. The van der Waals surface area contributed by atoms with Crippen LogP contribution in [0.2, 0.25) is 5.02 Å². The monoisotopic (exact) mass is 531 g/mol. The van der Waals surface area contributed by atoms with Gasteiger partial charge in [0.2, 0.25) is 5.91 Å². The van der Waals surface area contributed by atoms with E-state index in [9.17, 15) is 14.0 Å². The topological polar surface area (TPSA) is 96.4 Å². The van der Waals surface area contributed by atoms with Crippen molar-refractivity contribution in [2.45, 2.75) is 30.6 Å². The Labute approximate surface area is 215 Å². The average molecular weight is 532 g/mol. The van der Waals surface area contributed by atoms with Crippen LogP contribution >= 0.6 is 22.9 Å². The maximum Gasteiger partial charge on any atom is 0.338 e. The van der Waals surface area contributed by atoms with Crippen molar-refractivity contribution >= 4 is 40.6 Å². The number of aromatic nitrogens is 1. The number of hydrogen-bond acceptors (Lipinski definition) is 9. The highest BCUT2D eigenvalue weighted by atomic mass is 35.5. The molecule has 4 aliphatic rings. The van der Waals surface area contributed by atoms with Crippen LogP contribution in [0.3, 0.4) is 0 Å². The van der Waals surface area contributed by atoms with Gasteiger partial charge in [-0.1, -0.05) is 17.7 Å². The number of nitrogens with zero attached hydrogens (tertiary/aromatic N) is 4. The number of thiazole rings is 1. The minimum atomic E-state index is -0.818. The zero-order valence-electron chi connectivity index (χ0n) is 19.5. The second kappa shape index (κ2) is 8.62. The van der Waals surface area contributed by atoms with Gasteiger partial charge in [-0.05, 0) is 12.1 Å². The fourth-order valence-corrected chi connectivity index (χ4v) is 6.78. The third kappa shape index (κ3) is 3.33. The number of likely N-dealkylation sites (tertiary alicyclic amines) is 2. The second-order valence-corrected chi connectivity index (χ2v) is 10.5. The molecule has 9 nitrogen and oxygen atoms in total. The van der Waals surface area contributed by atoms with E-state index in [2.05, 4.69) is 15.2 Å². The van der Waals surface area contributed by atoms with E-state index in [1.165, 1.54) is 36.6 Å². The number of aliphatic imine (C=N–C) groups is 1. The predicted octanol–water partition coefficient (Wildman–Crippen LogP) is 2.14. The molecule has 1 N–H and O–H groups in total. The number of amidine groups is 1. The molecule has 1 amide bonds. The van der Waals surface area contributed by atoms with E-state index >= 15 is 0 Å². The third-order valence-electron chi connectivity index (χ3n) is 7.57. The summed E-state index contributed by atoms with van der Waals surface area (Å²) in [5.74, 6) is -0.510. The maximum atomic E-state index is 13.8. The first-order chi connectivity index (χ1) is 17.3. The first-order valence-corrected chi connectivity index (χ1v) is 12.7. The van der Waals surface area contributed by atoms with E-state index in [4.69, 9.17) is 26.1 Å². The zero-order chi connectivity index (χ0) is 25.2. The van der Waals surface area contributed by atoms with Crippen LogP contribution in [0.25, 0.3) is 0 Å². The Morgan fingerprint density at radius 3 is 2.92 bits per heavy atom. The smallest absolute Gasteiger partial charge is 0.338 e. The number of ether oxygens (including phenoxy) is 2. The highest BCUT2D eigenvalue weighted by Gasteiger charge is 2.73. The molecule has 2 aromatic rings. The molecule has 0 aliphatic carbocycles. The molecule has 3 fully saturated rings. The summed E-state index contributed by atoms with van der Waals surface area (Å²) in [6.45, 7) is 3.58. The van der Waals surface area contributed by atoms with Crippen molar-refractivity contribution in [2.75, 3.05) is 33.4 Å². The lowest BCUT2D eigenvalue weighted by Crippen LogP contribution is -2.92. The molecule has 0 radical (unpaired) electrons. The molecule has 1 aromatic heterocycles. The summed E-state index contributed by atoms with van der Waals surface area (Å²) in [4.78, 5) is 38.6. The summed E-state index contributed by atoms with van der Waals surface area (Å²) in [6, 6.07) is 3.35. The second-order valence-electron chi connectivity index (χ2n) is 9.23. The van der Waals surface area contributed by atoms with Crippen LogP contribution in [0, 0.1) is 5.82 Å². The van der Waals surface area contributed by atoms with Crippen molar-refractivity contribution in [3.8, 4) is 0 Å². The van der Waals surface area contributed by atoms with Crippen LogP contribution in [0.4, 0.5) is 4.39 Å². The summed E-state index contributed by atoms with van der Waals surface area (Å²) in [6.07, 6.45) is 1.67. The van der Waals surface area contributed by atoms with Crippen molar-refractivity contribution in [1.82, 2.24) is 20.1 Å². The molecule has 12 heteroatoms. The fraction of sp³-hybridized carbons (Fsp3) is 0.417. The molecule has 3 saturated heterocycles. The van der Waals surface area contributed by atoms with E-state index in [1.54, 1.807) is 13.1 Å². The van der Waals surface area contributed by atoms with Gasteiger partial charge in [-0.3, -0.25) is 14.7 Å². The minimum Gasteiger partial charge on any atom is -0.466 e. The molecule has 1 aromatic carbocycles. The van der Waals surface area contributed by atoms with Gasteiger partial charge in [0, 0.05) is 47.9 Å². The summed E-state index contributed by atoms with van der Waals surface area (Å²) in [5, 5.41) is 5.96. The quantitative estimate of drug-likeness (QED) is 0.590. The van der Waals surface area contributed by atoms with E-state index in [0.29, 0.717) is 54.0 Å². The number of benzene rings is 1. The average Bonchev–Trinajstić information content (AvgIpc) is 3.52. The zero-order valence-corrected chi connectivity index (χ0v) is 21.1. The van der Waals surface area contributed by atoms with Gasteiger partial charge in [0.15, 0.2) is 10.8 Å². The van der Waals surface area contributed by atoms with Gasteiger partial charge in [-0.25, -0.2) is 14.2 Å². The molecule has 4 aliphatic heterocycles. The number of rotatable bonds is 5. The Morgan fingerprint density at radius 1 is 1.39 bits per heavy atom. The number of carbonyl (C=O) groups excluding carboxylic acids is 2. The van der Waals surface area contributed by atoms with Gasteiger partial charge >= 0.3 is 5.97 Å². The lowest BCUT2D eigenvalue weighted by molar-refractivity contribution is -0.218. The van der Waals surface area contributed by atoms with Crippen LogP contribution in [-0.2, 0) is 19.1 Å². The number of nitrogens with one attached hydrogen (secondary N) is 1. The van der Waals surface area contributed by atoms with Gasteiger partial charge in [0.05, 0.1) is 38.0 Å². The highest BCUT2D eigenvalue weighted by molar-refractivity contribution is 7.11. The lowest BCUT2D eigenvalue weighted by atomic mass is 9.65. The molecule has 1 spiro atoms. The molecular weight excluding hydrogens is 509 g/mol. The van der Waals surface area contributed by atoms with Gasteiger partial charge in [0.25, 0.3) is 0 Å². The Hall–Kier alpha value is -2.86.